The van der Waals surface area contributed by atoms with Gasteiger partial charge >= 0.3 is 12.1 Å². The number of amides is 4. The van der Waals surface area contributed by atoms with Crippen LogP contribution in [0.3, 0.4) is 0 Å². The number of sulfonamides is 1. The van der Waals surface area contributed by atoms with Gasteiger partial charge in [0.1, 0.15) is 35.1 Å². The Hall–Kier alpha value is -4.18. The van der Waals surface area contributed by atoms with Gasteiger partial charge in [-0.1, -0.05) is 18.2 Å². The molecule has 1 aromatic rings. The molecule has 0 spiro atoms. The fraction of sp³-hybridized carbons (Fsp3) is 0.606. The number of ether oxygens (including phenoxy) is 4. The molecule has 5 atom stereocenters. The molecule has 0 radical (unpaired) electrons. The van der Waals surface area contributed by atoms with E-state index >= 15 is 0 Å². The summed E-state index contributed by atoms with van der Waals surface area (Å²) in [5.74, 6) is -3.02. The molecule has 0 aromatic heterocycles. The van der Waals surface area contributed by atoms with Crippen molar-refractivity contribution in [2.45, 2.75) is 93.9 Å². The van der Waals surface area contributed by atoms with Gasteiger partial charge in [-0.2, -0.15) is 0 Å². The van der Waals surface area contributed by atoms with E-state index in [1.54, 1.807) is 51.1 Å². The molecule has 0 bridgehead atoms. The largest absolute Gasteiger partial charge is 0.497 e. The van der Waals surface area contributed by atoms with Crippen molar-refractivity contribution in [2.75, 3.05) is 26.9 Å². The summed E-state index contributed by atoms with van der Waals surface area (Å²) in [4.78, 5) is 68.9. The molecule has 1 saturated heterocycles. The minimum atomic E-state index is -3.93. The highest BCUT2D eigenvalue weighted by molar-refractivity contribution is 7.91. The lowest BCUT2D eigenvalue weighted by Crippen LogP contribution is -2.58. The van der Waals surface area contributed by atoms with Crippen LogP contribution >= 0.6 is 0 Å². The minimum absolute atomic E-state index is 0.117. The van der Waals surface area contributed by atoms with E-state index in [-0.39, 0.29) is 44.6 Å². The predicted molar refractivity (Wildman–Crippen MR) is 174 cm³/mol. The van der Waals surface area contributed by atoms with Crippen molar-refractivity contribution in [1.29, 1.82) is 0 Å². The van der Waals surface area contributed by atoms with E-state index in [4.69, 9.17) is 18.9 Å². The van der Waals surface area contributed by atoms with Crippen LogP contribution in [0, 0.1) is 5.92 Å². The number of esters is 1. The number of fused-ring (bicyclic) bond motifs is 2. The highest BCUT2D eigenvalue weighted by Gasteiger charge is 2.62. The molecule has 5 unspecified atom stereocenters. The monoisotopic (exact) mass is 704 g/mol. The van der Waals surface area contributed by atoms with E-state index in [2.05, 4.69) is 15.4 Å². The average Bonchev–Trinajstić information content (AvgIpc) is 3.95. The molecule has 268 valence electrons. The number of nitrogens with one attached hydrogen (secondary N) is 3. The normalized spacial score (nSPS) is 27.7. The average molecular weight is 705 g/mol. The van der Waals surface area contributed by atoms with Gasteiger partial charge in [0.15, 0.2) is 0 Å². The Labute approximate surface area is 285 Å². The van der Waals surface area contributed by atoms with E-state index < -0.39 is 80.3 Å². The van der Waals surface area contributed by atoms with Gasteiger partial charge in [-0.15, -0.1) is 0 Å². The molecule has 2 saturated carbocycles. The Kier molecular flexibility index (Phi) is 10.6. The molecule has 2 aliphatic carbocycles. The fourth-order valence-electron chi connectivity index (χ4n) is 5.98. The number of carbonyl (C=O) groups excluding carboxylic acids is 5. The SMILES string of the molecule is COc1cccc(C(=O)OC2CC3C(=O)NC4(C(=O)NS(=O)(=O)C5CC5)CC4C=CCOCCCC(NC(=O)OC(C)(C)C)C(=O)N3C2)c1. The molecule has 49 heavy (non-hydrogen) atoms. The number of hydrogen-bond acceptors (Lipinski definition) is 11. The number of benzene rings is 1. The molecule has 16 heteroatoms. The number of hydrogen-bond donors (Lipinski definition) is 3. The molecule has 3 N–H and O–H groups in total. The van der Waals surface area contributed by atoms with Crippen molar-refractivity contribution in [3.05, 3.63) is 42.0 Å². The van der Waals surface area contributed by atoms with Crippen LogP contribution in [0.15, 0.2) is 36.4 Å². The predicted octanol–water partition coefficient (Wildman–Crippen LogP) is 1.56. The first-order valence-corrected chi connectivity index (χ1v) is 17.9. The molecular formula is C33H44N4O11S. The molecule has 4 aliphatic rings. The smallest absolute Gasteiger partial charge is 0.408 e. The fourth-order valence-corrected chi connectivity index (χ4v) is 7.34. The Morgan fingerprint density at radius 1 is 1.12 bits per heavy atom. The second kappa shape index (κ2) is 14.4. The minimum Gasteiger partial charge on any atom is -0.497 e. The molecular weight excluding hydrogens is 660 g/mol. The lowest BCUT2D eigenvalue weighted by atomic mass is 10.1. The van der Waals surface area contributed by atoms with Crippen LogP contribution in [0.1, 0.15) is 69.7 Å². The lowest BCUT2D eigenvalue weighted by molar-refractivity contribution is -0.141. The summed E-state index contributed by atoms with van der Waals surface area (Å²) >= 11 is 0. The van der Waals surface area contributed by atoms with Gasteiger partial charge in [0.25, 0.3) is 5.91 Å². The van der Waals surface area contributed by atoms with Crippen LogP contribution < -0.4 is 20.1 Å². The molecule has 5 rings (SSSR count). The molecule has 15 nitrogen and oxygen atoms in total. The zero-order valence-corrected chi connectivity index (χ0v) is 28.9. The van der Waals surface area contributed by atoms with Crippen LogP contribution in [0.4, 0.5) is 4.79 Å². The second-order valence-corrected chi connectivity index (χ2v) is 15.8. The highest BCUT2D eigenvalue weighted by Crippen LogP contribution is 2.46. The van der Waals surface area contributed by atoms with Crippen LogP contribution in [0.25, 0.3) is 0 Å². The first-order chi connectivity index (χ1) is 23.1. The van der Waals surface area contributed by atoms with Crippen molar-refractivity contribution < 1.29 is 51.3 Å². The van der Waals surface area contributed by atoms with Gasteiger partial charge in [-0.3, -0.25) is 19.1 Å². The van der Waals surface area contributed by atoms with Gasteiger partial charge in [-0.25, -0.2) is 18.0 Å². The zero-order valence-electron chi connectivity index (χ0n) is 28.1. The number of nitrogens with zero attached hydrogens (tertiary/aromatic N) is 1. The Balaban J connectivity index is 1.43. The molecule has 3 fully saturated rings. The zero-order chi connectivity index (χ0) is 35.6. The molecule has 4 amide bonds. The van der Waals surface area contributed by atoms with Crippen LogP contribution in [0.2, 0.25) is 0 Å². The quantitative estimate of drug-likeness (QED) is 0.275. The van der Waals surface area contributed by atoms with Gasteiger partial charge in [0.05, 0.1) is 31.1 Å². The molecule has 1 aromatic carbocycles. The Morgan fingerprint density at radius 2 is 1.88 bits per heavy atom. The van der Waals surface area contributed by atoms with Crippen LogP contribution in [0.5, 0.6) is 5.75 Å². The van der Waals surface area contributed by atoms with Gasteiger partial charge in [-0.05, 0) is 71.1 Å². The lowest BCUT2D eigenvalue weighted by Gasteiger charge is -2.30. The van der Waals surface area contributed by atoms with E-state index in [1.165, 1.54) is 18.1 Å². The Bertz CT molecular complexity index is 1600. The summed E-state index contributed by atoms with van der Waals surface area (Å²) in [5, 5.41) is 4.70. The van der Waals surface area contributed by atoms with Crippen LogP contribution in [-0.2, 0) is 38.6 Å². The maximum Gasteiger partial charge on any atom is 0.408 e. The standard InChI is InChI=1S/C33H44N4O11S/c1-32(2,3)48-31(42)34-25-11-7-15-46-14-6-9-21-18-33(21,30(41)36-49(43,44)24-12-13-24)35-27(38)26-17-23(19-37(26)28(25)39)47-29(40)20-8-5-10-22(16-20)45-4/h5-6,8-10,16,21,23-26H,7,11-15,17-19H2,1-4H3,(H,34,42)(H,35,38)(H,36,41). The topological polar surface area (TPSA) is 196 Å². The third-order valence-corrected chi connectivity index (χ3v) is 10.6. The third-order valence-electron chi connectivity index (χ3n) is 8.74. The second-order valence-electron chi connectivity index (χ2n) is 13.8. The van der Waals surface area contributed by atoms with E-state index in [0.29, 0.717) is 25.0 Å². The maximum absolute atomic E-state index is 14.2. The van der Waals surface area contributed by atoms with E-state index in [0.717, 1.165) is 0 Å². The van der Waals surface area contributed by atoms with Crippen molar-refractivity contribution >= 4 is 39.8 Å². The number of rotatable bonds is 7. The number of methoxy groups -OCH3 is 1. The summed E-state index contributed by atoms with van der Waals surface area (Å²) in [6, 6.07) is 3.97. The Morgan fingerprint density at radius 3 is 2.57 bits per heavy atom. The first kappa shape index (κ1) is 36.1. The third kappa shape index (κ3) is 8.90. The molecule has 2 aliphatic heterocycles. The number of alkyl carbamates (subject to hydrolysis) is 1. The summed E-state index contributed by atoms with van der Waals surface area (Å²) < 4.78 is 49.6. The van der Waals surface area contributed by atoms with Gasteiger partial charge < -0.3 is 34.5 Å². The van der Waals surface area contributed by atoms with Crippen molar-refractivity contribution in [2.24, 2.45) is 5.92 Å². The van der Waals surface area contributed by atoms with Crippen molar-refractivity contribution in [3.8, 4) is 5.75 Å². The summed E-state index contributed by atoms with van der Waals surface area (Å²) in [7, 11) is -2.47. The maximum atomic E-state index is 14.2. The first-order valence-electron chi connectivity index (χ1n) is 16.4. The van der Waals surface area contributed by atoms with Gasteiger partial charge in [0, 0.05) is 18.9 Å². The summed E-state index contributed by atoms with van der Waals surface area (Å²) in [6.07, 6.45) is 3.03. The van der Waals surface area contributed by atoms with Crippen molar-refractivity contribution in [3.63, 3.8) is 0 Å². The summed E-state index contributed by atoms with van der Waals surface area (Å²) in [6.45, 7) is 5.27. The summed E-state index contributed by atoms with van der Waals surface area (Å²) in [5.41, 5.74) is -2.24. The van der Waals surface area contributed by atoms with Crippen LogP contribution in [-0.4, -0.2) is 105 Å². The highest BCUT2D eigenvalue weighted by atomic mass is 32.2. The van der Waals surface area contributed by atoms with E-state index in [1.807, 2.05) is 0 Å². The van der Waals surface area contributed by atoms with Gasteiger partial charge in [0.2, 0.25) is 21.8 Å². The molecule has 2 heterocycles. The number of carbonyl (C=O) groups is 5. The van der Waals surface area contributed by atoms with Crippen molar-refractivity contribution in [1.82, 2.24) is 20.3 Å². The van der Waals surface area contributed by atoms with E-state index in [9.17, 15) is 32.4 Å².